The summed E-state index contributed by atoms with van der Waals surface area (Å²) in [6.45, 7) is 3.75. The summed E-state index contributed by atoms with van der Waals surface area (Å²) in [6, 6.07) is 4.92. The lowest BCUT2D eigenvalue weighted by Crippen LogP contribution is -2.10. The van der Waals surface area contributed by atoms with Crippen molar-refractivity contribution in [2.75, 3.05) is 6.61 Å². The van der Waals surface area contributed by atoms with Crippen LogP contribution < -0.4 is 4.74 Å². The van der Waals surface area contributed by atoms with Crippen molar-refractivity contribution in [2.45, 2.75) is 19.8 Å². The van der Waals surface area contributed by atoms with Crippen molar-refractivity contribution in [1.82, 2.24) is 0 Å². The van der Waals surface area contributed by atoms with E-state index in [0.29, 0.717) is 29.8 Å². The first-order chi connectivity index (χ1) is 7.61. The van der Waals surface area contributed by atoms with Crippen molar-refractivity contribution < 1.29 is 19.4 Å². The van der Waals surface area contributed by atoms with Gasteiger partial charge in [-0.2, -0.15) is 0 Å². The number of para-hydroxylation sites is 1. The maximum absolute atomic E-state index is 10.9. The zero-order valence-electron chi connectivity index (χ0n) is 9.27. The summed E-state index contributed by atoms with van der Waals surface area (Å²) < 4.78 is 5.34. The summed E-state index contributed by atoms with van der Waals surface area (Å²) in [5.41, 5.74) is 0.909. The molecule has 1 rings (SSSR count). The van der Waals surface area contributed by atoms with E-state index in [1.165, 1.54) is 0 Å². The largest absolute Gasteiger partial charge is 0.493 e. The number of benzene rings is 1. The Hall–Kier alpha value is -1.84. The smallest absolute Gasteiger partial charge is 0.310 e. The molecule has 0 aromatic heterocycles. The second-order valence-corrected chi connectivity index (χ2v) is 3.38. The molecule has 0 aliphatic rings. The van der Waals surface area contributed by atoms with Gasteiger partial charge in [-0.1, -0.05) is 12.1 Å². The van der Waals surface area contributed by atoms with Crippen LogP contribution in [0.5, 0.6) is 5.75 Å². The van der Waals surface area contributed by atoms with Gasteiger partial charge < -0.3 is 9.84 Å². The molecule has 0 bridgehead atoms. The van der Waals surface area contributed by atoms with Crippen molar-refractivity contribution in [3.63, 3.8) is 0 Å². The Morgan fingerprint density at radius 2 is 2.25 bits per heavy atom. The second kappa shape index (κ2) is 5.30. The molecule has 0 radical (unpaired) electrons. The van der Waals surface area contributed by atoms with Gasteiger partial charge in [-0.25, -0.2) is 0 Å². The third-order valence-electron chi connectivity index (χ3n) is 2.33. The molecular weight excluding hydrogens is 208 g/mol. The first kappa shape index (κ1) is 12.2. The number of aldehydes is 1. The minimum absolute atomic E-state index is 0.370. The average molecular weight is 222 g/mol. The Bertz CT molecular complexity index is 398. The normalized spacial score (nSPS) is 11.9. The van der Waals surface area contributed by atoms with Crippen LogP contribution in [0.3, 0.4) is 0 Å². The highest BCUT2D eigenvalue weighted by molar-refractivity contribution is 5.83. The summed E-state index contributed by atoms with van der Waals surface area (Å²) in [6.07, 6.45) is 0.670. The van der Waals surface area contributed by atoms with Gasteiger partial charge in [0.15, 0.2) is 6.29 Å². The van der Waals surface area contributed by atoms with E-state index in [9.17, 15) is 9.59 Å². The quantitative estimate of drug-likeness (QED) is 0.775. The van der Waals surface area contributed by atoms with Gasteiger partial charge in [0.25, 0.3) is 0 Å². The highest BCUT2D eigenvalue weighted by Gasteiger charge is 2.20. The lowest BCUT2D eigenvalue weighted by molar-refractivity contribution is -0.138. The van der Waals surface area contributed by atoms with E-state index in [2.05, 4.69) is 0 Å². The Balaban J connectivity index is 3.26. The number of carbonyl (C=O) groups is 2. The summed E-state index contributed by atoms with van der Waals surface area (Å²) >= 11 is 0. The molecule has 0 aliphatic carbocycles. The zero-order chi connectivity index (χ0) is 12.1. The zero-order valence-corrected chi connectivity index (χ0v) is 9.27. The van der Waals surface area contributed by atoms with Gasteiger partial charge in [-0.3, -0.25) is 9.59 Å². The van der Waals surface area contributed by atoms with Crippen molar-refractivity contribution >= 4 is 12.3 Å². The van der Waals surface area contributed by atoms with Crippen molar-refractivity contribution in [3.05, 3.63) is 29.3 Å². The molecule has 1 aromatic carbocycles. The fourth-order valence-electron chi connectivity index (χ4n) is 1.45. The minimum atomic E-state index is -0.941. The van der Waals surface area contributed by atoms with Crippen LogP contribution in [0.1, 0.15) is 35.7 Å². The van der Waals surface area contributed by atoms with Crippen LogP contribution in [0.15, 0.2) is 18.2 Å². The van der Waals surface area contributed by atoms with Crippen LogP contribution in [0.4, 0.5) is 0 Å². The van der Waals surface area contributed by atoms with Crippen LogP contribution in [-0.2, 0) is 4.79 Å². The van der Waals surface area contributed by atoms with E-state index in [1.54, 1.807) is 32.0 Å². The number of hydrogen-bond donors (Lipinski definition) is 1. The highest BCUT2D eigenvalue weighted by Crippen LogP contribution is 2.29. The summed E-state index contributed by atoms with van der Waals surface area (Å²) in [4.78, 5) is 21.7. The number of aliphatic carboxylic acids is 1. The van der Waals surface area contributed by atoms with Crippen LogP contribution in [-0.4, -0.2) is 24.0 Å². The lowest BCUT2D eigenvalue weighted by Gasteiger charge is -2.14. The maximum Gasteiger partial charge on any atom is 0.310 e. The van der Waals surface area contributed by atoms with Crippen LogP contribution >= 0.6 is 0 Å². The number of ether oxygens (including phenoxy) is 1. The van der Waals surface area contributed by atoms with Gasteiger partial charge in [0.1, 0.15) is 5.75 Å². The first-order valence-corrected chi connectivity index (χ1v) is 5.05. The van der Waals surface area contributed by atoms with Crippen molar-refractivity contribution in [2.24, 2.45) is 0 Å². The summed E-state index contributed by atoms with van der Waals surface area (Å²) in [5, 5.41) is 8.95. The fraction of sp³-hybridized carbons (Fsp3) is 0.333. The van der Waals surface area contributed by atoms with E-state index in [4.69, 9.17) is 9.84 Å². The Kier molecular flexibility index (Phi) is 4.05. The average Bonchev–Trinajstić information content (AvgIpc) is 2.28. The third kappa shape index (κ3) is 2.39. The number of carboxylic acids is 1. The number of rotatable bonds is 5. The molecule has 0 aliphatic heterocycles. The molecular formula is C12H14O4. The molecule has 86 valence electrons. The van der Waals surface area contributed by atoms with E-state index in [-0.39, 0.29) is 0 Å². The standard InChI is InChI=1S/C12H14O4/c1-3-16-11-9(7-13)5-4-6-10(11)8(2)12(14)15/h4-8H,3H2,1-2H3,(H,14,15). The van der Waals surface area contributed by atoms with Gasteiger partial charge in [-0.15, -0.1) is 0 Å². The third-order valence-corrected chi connectivity index (χ3v) is 2.33. The predicted molar refractivity (Wildman–Crippen MR) is 59.0 cm³/mol. The molecule has 4 nitrogen and oxygen atoms in total. The van der Waals surface area contributed by atoms with Crippen LogP contribution in [0, 0.1) is 0 Å². The SMILES string of the molecule is CCOc1c(C=O)cccc1C(C)C(=O)O. The molecule has 1 unspecified atom stereocenters. The van der Waals surface area contributed by atoms with Crippen molar-refractivity contribution in [1.29, 1.82) is 0 Å². The lowest BCUT2D eigenvalue weighted by atomic mass is 9.98. The molecule has 0 saturated heterocycles. The number of carboxylic acid groups (broad SMARTS) is 1. The molecule has 1 N–H and O–H groups in total. The van der Waals surface area contributed by atoms with Crippen LogP contribution in [0.2, 0.25) is 0 Å². The molecule has 4 heteroatoms. The van der Waals surface area contributed by atoms with E-state index in [0.717, 1.165) is 0 Å². The molecule has 0 spiro atoms. The Labute approximate surface area is 93.9 Å². The Morgan fingerprint density at radius 1 is 1.56 bits per heavy atom. The monoisotopic (exact) mass is 222 g/mol. The molecule has 1 aromatic rings. The summed E-state index contributed by atoms with van der Waals surface area (Å²) in [7, 11) is 0. The minimum Gasteiger partial charge on any atom is -0.493 e. The van der Waals surface area contributed by atoms with E-state index < -0.39 is 11.9 Å². The first-order valence-electron chi connectivity index (χ1n) is 5.05. The maximum atomic E-state index is 10.9. The van der Waals surface area contributed by atoms with Crippen molar-refractivity contribution in [3.8, 4) is 5.75 Å². The molecule has 1 atom stereocenters. The van der Waals surface area contributed by atoms with Gasteiger partial charge >= 0.3 is 5.97 Å². The van der Waals surface area contributed by atoms with Gasteiger partial charge in [0, 0.05) is 5.56 Å². The molecule has 16 heavy (non-hydrogen) atoms. The Morgan fingerprint density at radius 3 is 2.75 bits per heavy atom. The predicted octanol–water partition coefficient (Wildman–Crippen LogP) is 2.09. The van der Waals surface area contributed by atoms with Gasteiger partial charge in [-0.05, 0) is 19.9 Å². The number of carbonyl (C=O) groups excluding carboxylic acids is 1. The van der Waals surface area contributed by atoms with E-state index in [1.807, 2.05) is 0 Å². The summed E-state index contributed by atoms with van der Waals surface area (Å²) in [5.74, 6) is -1.26. The number of hydrogen-bond acceptors (Lipinski definition) is 3. The molecule has 0 heterocycles. The van der Waals surface area contributed by atoms with Gasteiger partial charge in [0.2, 0.25) is 0 Å². The molecule has 0 saturated carbocycles. The highest BCUT2D eigenvalue weighted by atomic mass is 16.5. The molecule has 0 fully saturated rings. The molecule has 0 amide bonds. The van der Waals surface area contributed by atoms with Crippen LogP contribution in [0.25, 0.3) is 0 Å². The van der Waals surface area contributed by atoms with E-state index >= 15 is 0 Å². The fourth-order valence-corrected chi connectivity index (χ4v) is 1.45. The second-order valence-electron chi connectivity index (χ2n) is 3.38. The topological polar surface area (TPSA) is 63.6 Å². The van der Waals surface area contributed by atoms with Gasteiger partial charge in [0.05, 0.1) is 18.1 Å².